The second-order valence-corrected chi connectivity index (χ2v) is 6.77. The molecule has 0 aromatic heterocycles. The molecule has 1 fully saturated rings. The molecule has 2 atom stereocenters. The third-order valence-electron chi connectivity index (χ3n) is 4.42. The molecule has 0 spiro atoms. The average molecular weight is 356 g/mol. The van der Waals surface area contributed by atoms with E-state index in [9.17, 15) is 0 Å². The first-order valence-corrected chi connectivity index (χ1v) is 8.58. The fraction of sp³-hybridized carbons (Fsp3) is 0.647. The standard InChI is InChI=1S/C17H26BrNO2/c1-12-7-5-4-6-8-15(12)19-11-13-9-14(18)17(21-3)16(10-13)20-2/h9-10,12,15,19H,4-8,11H2,1-3H3. The lowest BCUT2D eigenvalue weighted by Gasteiger charge is -2.23. The monoisotopic (exact) mass is 355 g/mol. The van der Waals surface area contributed by atoms with E-state index in [1.807, 2.05) is 0 Å². The average Bonchev–Trinajstić information content (AvgIpc) is 2.69. The lowest BCUT2D eigenvalue weighted by Crippen LogP contribution is -2.33. The summed E-state index contributed by atoms with van der Waals surface area (Å²) in [5, 5.41) is 3.73. The number of rotatable bonds is 5. The van der Waals surface area contributed by atoms with Crippen LogP contribution in [0, 0.1) is 5.92 Å². The maximum atomic E-state index is 5.41. The fourth-order valence-electron chi connectivity index (χ4n) is 3.12. The van der Waals surface area contributed by atoms with Crippen molar-refractivity contribution in [3.05, 3.63) is 22.2 Å². The van der Waals surface area contributed by atoms with Gasteiger partial charge in [-0.15, -0.1) is 0 Å². The SMILES string of the molecule is COc1cc(CNC2CCCCCC2C)cc(Br)c1OC. The molecule has 4 heteroatoms. The van der Waals surface area contributed by atoms with E-state index in [0.29, 0.717) is 6.04 Å². The van der Waals surface area contributed by atoms with Crippen LogP contribution in [0.3, 0.4) is 0 Å². The molecule has 1 aliphatic rings. The van der Waals surface area contributed by atoms with Crippen LogP contribution in [-0.4, -0.2) is 20.3 Å². The summed E-state index contributed by atoms with van der Waals surface area (Å²) < 4.78 is 11.7. The number of benzene rings is 1. The molecular formula is C17H26BrNO2. The largest absolute Gasteiger partial charge is 0.493 e. The Morgan fingerprint density at radius 1 is 1.14 bits per heavy atom. The molecule has 3 nitrogen and oxygen atoms in total. The van der Waals surface area contributed by atoms with Gasteiger partial charge in [-0.1, -0.05) is 26.2 Å². The summed E-state index contributed by atoms with van der Waals surface area (Å²) in [6.07, 6.45) is 6.73. The van der Waals surface area contributed by atoms with Crippen LogP contribution in [0.5, 0.6) is 11.5 Å². The molecule has 0 heterocycles. The molecule has 1 aliphatic carbocycles. The van der Waals surface area contributed by atoms with Gasteiger partial charge in [-0.25, -0.2) is 0 Å². The normalized spacial score (nSPS) is 22.7. The Morgan fingerprint density at radius 2 is 1.90 bits per heavy atom. The van der Waals surface area contributed by atoms with Gasteiger partial charge in [-0.05, 0) is 52.4 Å². The van der Waals surface area contributed by atoms with E-state index in [0.717, 1.165) is 28.4 Å². The van der Waals surface area contributed by atoms with Crippen LogP contribution >= 0.6 is 15.9 Å². The molecule has 2 rings (SSSR count). The van der Waals surface area contributed by atoms with Gasteiger partial charge in [0.2, 0.25) is 0 Å². The zero-order chi connectivity index (χ0) is 15.2. The topological polar surface area (TPSA) is 30.5 Å². The molecule has 1 saturated carbocycles. The highest BCUT2D eigenvalue weighted by Gasteiger charge is 2.19. The van der Waals surface area contributed by atoms with Crippen molar-refractivity contribution in [1.82, 2.24) is 5.32 Å². The highest BCUT2D eigenvalue weighted by Crippen LogP contribution is 2.36. The first-order valence-electron chi connectivity index (χ1n) is 7.79. The molecule has 1 aromatic carbocycles. The van der Waals surface area contributed by atoms with Crippen molar-refractivity contribution in [2.45, 2.75) is 51.6 Å². The molecule has 0 saturated heterocycles. The van der Waals surface area contributed by atoms with Gasteiger partial charge in [0.25, 0.3) is 0 Å². The van der Waals surface area contributed by atoms with Gasteiger partial charge in [0.05, 0.1) is 18.7 Å². The Bertz CT molecular complexity index is 464. The number of nitrogens with one attached hydrogen (secondary N) is 1. The lowest BCUT2D eigenvalue weighted by molar-refractivity contribution is 0.348. The molecule has 0 bridgehead atoms. The number of halogens is 1. The second kappa shape index (κ2) is 8.04. The molecule has 0 radical (unpaired) electrons. The zero-order valence-electron chi connectivity index (χ0n) is 13.2. The highest BCUT2D eigenvalue weighted by atomic mass is 79.9. The Kier molecular flexibility index (Phi) is 6.37. The molecule has 1 N–H and O–H groups in total. The molecule has 118 valence electrons. The van der Waals surface area contributed by atoms with Gasteiger partial charge >= 0.3 is 0 Å². The lowest BCUT2D eigenvalue weighted by atomic mass is 9.97. The van der Waals surface area contributed by atoms with E-state index in [2.05, 4.69) is 40.3 Å². The maximum Gasteiger partial charge on any atom is 0.174 e. The van der Waals surface area contributed by atoms with E-state index in [1.165, 1.54) is 37.7 Å². The summed E-state index contributed by atoms with van der Waals surface area (Å²) in [6, 6.07) is 4.78. The van der Waals surface area contributed by atoms with Gasteiger partial charge in [0, 0.05) is 12.6 Å². The van der Waals surface area contributed by atoms with Gasteiger partial charge in [0.1, 0.15) is 0 Å². The van der Waals surface area contributed by atoms with Crippen LogP contribution in [0.4, 0.5) is 0 Å². The Balaban J connectivity index is 2.04. The van der Waals surface area contributed by atoms with Crippen molar-refractivity contribution in [2.75, 3.05) is 14.2 Å². The quantitative estimate of drug-likeness (QED) is 0.787. The minimum Gasteiger partial charge on any atom is -0.493 e. The zero-order valence-corrected chi connectivity index (χ0v) is 14.8. The second-order valence-electron chi connectivity index (χ2n) is 5.92. The smallest absolute Gasteiger partial charge is 0.174 e. The number of ether oxygens (including phenoxy) is 2. The third-order valence-corrected chi connectivity index (χ3v) is 5.01. The van der Waals surface area contributed by atoms with Crippen molar-refractivity contribution in [1.29, 1.82) is 0 Å². The van der Waals surface area contributed by atoms with Crippen LogP contribution in [0.1, 0.15) is 44.6 Å². The predicted molar refractivity (Wildman–Crippen MR) is 90.1 cm³/mol. The first kappa shape index (κ1) is 16.6. The van der Waals surface area contributed by atoms with Crippen molar-refractivity contribution < 1.29 is 9.47 Å². The summed E-state index contributed by atoms with van der Waals surface area (Å²) in [6.45, 7) is 3.24. The Hall–Kier alpha value is -0.740. The first-order chi connectivity index (χ1) is 10.2. The summed E-state index contributed by atoms with van der Waals surface area (Å²) in [5.74, 6) is 2.29. The predicted octanol–water partition coefficient (Wildman–Crippen LogP) is 4.52. The summed E-state index contributed by atoms with van der Waals surface area (Å²) >= 11 is 3.56. The number of hydrogen-bond donors (Lipinski definition) is 1. The van der Waals surface area contributed by atoms with E-state index < -0.39 is 0 Å². The van der Waals surface area contributed by atoms with Crippen LogP contribution in [-0.2, 0) is 6.54 Å². The third kappa shape index (κ3) is 4.36. The summed E-state index contributed by atoms with van der Waals surface area (Å²) in [4.78, 5) is 0. The van der Waals surface area contributed by atoms with Gasteiger partial charge in [-0.2, -0.15) is 0 Å². The molecular weight excluding hydrogens is 330 g/mol. The Morgan fingerprint density at radius 3 is 2.62 bits per heavy atom. The minimum absolute atomic E-state index is 0.624. The van der Waals surface area contributed by atoms with E-state index in [4.69, 9.17) is 9.47 Å². The van der Waals surface area contributed by atoms with Crippen LogP contribution in [0.15, 0.2) is 16.6 Å². The minimum atomic E-state index is 0.624. The van der Waals surface area contributed by atoms with Gasteiger partial charge in [0.15, 0.2) is 11.5 Å². The maximum absolute atomic E-state index is 5.41. The van der Waals surface area contributed by atoms with Crippen molar-refractivity contribution in [3.8, 4) is 11.5 Å². The molecule has 21 heavy (non-hydrogen) atoms. The van der Waals surface area contributed by atoms with Gasteiger partial charge < -0.3 is 14.8 Å². The van der Waals surface area contributed by atoms with Gasteiger partial charge in [-0.3, -0.25) is 0 Å². The van der Waals surface area contributed by atoms with Crippen LogP contribution in [0.25, 0.3) is 0 Å². The van der Waals surface area contributed by atoms with E-state index >= 15 is 0 Å². The van der Waals surface area contributed by atoms with Crippen molar-refractivity contribution in [2.24, 2.45) is 5.92 Å². The molecule has 0 aliphatic heterocycles. The molecule has 2 unspecified atom stereocenters. The van der Waals surface area contributed by atoms with E-state index in [-0.39, 0.29) is 0 Å². The number of methoxy groups -OCH3 is 2. The molecule has 0 amide bonds. The Labute approximate surface area is 136 Å². The fourth-order valence-corrected chi connectivity index (χ4v) is 3.77. The van der Waals surface area contributed by atoms with Crippen LogP contribution < -0.4 is 14.8 Å². The number of hydrogen-bond acceptors (Lipinski definition) is 3. The summed E-state index contributed by atoms with van der Waals surface area (Å²) in [7, 11) is 3.34. The van der Waals surface area contributed by atoms with Crippen molar-refractivity contribution in [3.63, 3.8) is 0 Å². The van der Waals surface area contributed by atoms with Crippen LogP contribution in [0.2, 0.25) is 0 Å². The highest BCUT2D eigenvalue weighted by molar-refractivity contribution is 9.10. The summed E-state index contributed by atoms with van der Waals surface area (Å²) in [5.41, 5.74) is 1.22. The van der Waals surface area contributed by atoms with Crippen molar-refractivity contribution >= 4 is 15.9 Å². The molecule has 1 aromatic rings. The van der Waals surface area contributed by atoms with E-state index in [1.54, 1.807) is 14.2 Å².